The Morgan fingerprint density at radius 3 is 2.38 bits per heavy atom. The first kappa shape index (κ1) is 1.38. The Labute approximate surface area is 60.0 Å². The average molecular weight is 113 g/mol. The monoisotopic (exact) mass is 113 g/mol. The SMILES string of the molecule is [2H]Cc1c([2H])c([2H])c(C([2H])[2H])c([2H])c1[2H]. The van der Waals surface area contributed by atoms with Gasteiger partial charge in [-0.3, -0.25) is 0 Å². The van der Waals surface area contributed by atoms with E-state index in [1.807, 2.05) is 0 Å². The van der Waals surface area contributed by atoms with Gasteiger partial charge < -0.3 is 0 Å². The van der Waals surface area contributed by atoms with Crippen molar-refractivity contribution in [2.24, 2.45) is 0 Å². The molecule has 0 unspecified atom stereocenters. The molecular formula is C8H10. The van der Waals surface area contributed by atoms with Gasteiger partial charge in [0.1, 0.15) is 0 Å². The highest BCUT2D eigenvalue weighted by atomic mass is 13.9. The molecule has 0 saturated carbocycles. The van der Waals surface area contributed by atoms with E-state index in [4.69, 9.17) is 9.60 Å². The Bertz CT molecular complexity index is 356. The standard InChI is InChI=1S/C8H10/c1-7-3-5-8(2)6-4-7/h3-6H,1-2H3/i1D,2D2,3D,4D,5D,6D. The molecular weight excluding hydrogens is 96.1 g/mol. The van der Waals surface area contributed by atoms with E-state index in [9.17, 15) is 0 Å². The van der Waals surface area contributed by atoms with Crippen LogP contribution in [0.25, 0.3) is 0 Å². The molecule has 0 amide bonds. The molecule has 0 heteroatoms. The molecule has 8 heavy (non-hydrogen) atoms. The normalized spacial score (nSPS) is 21.9. The highest BCUT2D eigenvalue weighted by Gasteiger charge is 1.79. The van der Waals surface area contributed by atoms with E-state index < -0.39 is 6.88 Å². The Morgan fingerprint density at radius 2 is 1.88 bits per heavy atom. The smallest absolute Gasteiger partial charge is 0.0591 e. The molecule has 0 fully saturated rings. The van der Waals surface area contributed by atoms with Crippen molar-refractivity contribution in [1.29, 1.82) is 0 Å². The van der Waals surface area contributed by atoms with Crippen molar-refractivity contribution < 1.29 is 9.60 Å². The van der Waals surface area contributed by atoms with Gasteiger partial charge in [-0.05, 0) is 13.8 Å². The Morgan fingerprint density at radius 1 is 1.25 bits per heavy atom. The molecule has 0 aliphatic rings. The molecule has 0 bridgehead atoms. The molecule has 0 saturated heterocycles. The highest BCUT2D eigenvalue weighted by molar-refractivity contribution is 5.19. The van der Waals surface area contributed by atoms with Crippen LogP contribution >= 0.6 is 0 Å². The van der Waals surface area contributed by atoms with E-state index in [0.29, 0.717) is 0 Å². The summed E-state index contributed by atoms with van der Waals surface area (Å²) >= 11 is 0. The number of rotatable bonds is 0. The summed E-state index contributed by atoms with van der Waals surface area (Å²) in [6, 6.07) is -1.39. The highest BCUT2D eigenvalue weighted by Crippen LogP contribution is 1.99. The molecule has 1 aromatic rings. The maximum absolute atomic E-state index is 7.49. The van der Waals surface area contributed by atoms with Crippen LogP contribution in [-0.4, -0.2) is 0 Å². The molecule has 0 heterocycles. The minimum atomic E-state index is -1.54. The summed E-state index contributed by atoms with van der Waals surface area (Å²) in [5.41, 5.74) is -0.225. The fourth-order valence-electron chi connectivity index (χ4n) is 0.348. The quantitative estimate of drug-likeness (QED) is 0.484. The van der Waals surface area contributed by atoms with Crippen LogP contribution in [0.15, 0.2) is 24.2 Å². The fraction of sp³-hybridized carbons (Fsp3) is 0.250. The van der Waals surface area contributed by atoms with Gasteiger partial charge in [0.25, 0.3) is 0 Å². The first-order chi connectivity index (χ1) is 6.91. The van der Waals surface area contributed by atoms with Crippen molar-refractivity contribution in [3.05, 3.63) is 35.3 Å². The van der Waals surface area contributed by atoms with Crippen LogP contribution < -0.4 is 0 Å². The third-order valence-electron chi connectivity index (χ3n) is 0.696. The van der Waals surface area contributed by atoms with Crippen LogP contribution in [-0.2, 0) is 0 Å². The zero-order chi connectivity index (χ0) is 11.7. The van der Waals surface area contributed by atoms with Gasteiger partial charge >= 0.3 is 0 Å². The second-order valence-corrected chi connectivity index (χ2v) is 1.39. The number of benzene rings is 1. The summed E-state index contributed by atoms with van der Waals surface area (Å²) in [6.07, 6.45) is 0. The maximum atomic E-state index is 7.49. The lowest BCUT2D eigenvalue weighted by atomic mass is 10.2. The summed E-state index contributed by atoms with van der Waals surface area (Å²) in [5.74, 6) is 0. The van der Waals surface area contributed by atoms with Crippen molar-refractivity contribution in [3.8, 4) is 0 Å². The van der Waals surface area contributed by atoms with Gasteiger partial charge in [0.15, 0.2) is 0 Å². The molecule has 0 N–H and O–H groups in total. The molecule has 0 spiro atoms. The van der Waals surface area contributed by atoms with Crippen LogP contribution in [0.5, 0.6) is 0 Å². The minimum Gasteiger partial charge on any atom is -0.0591 e. The molecule has 1 aromatic carbocycles. The van der Waals surface area contributed by atoms with E-state index in [1.165, 1.54) is 0 Å². The van der Waals surface area contributed by atoms with Crippen molar-refractivity contribution in [1.82, 2.24) is 0 Å². The van der Waals surface area contributed by atoms with Gasteiger partial charge in [-0.2, -0.15) is 0 Å². The van der Waals surface area contributed by atoms with Crippen molar-refractivity contribution >= 4 is 0 Å². The van der Waals surface area contributed by atoms with Crippen LogP contribution in [0, 0.1) is 13.8 Å². The lowest BCUT2D eigenvalue weighted by molar-refractivity contribution is 1.40. The van der Waals surface area contributed by atoms with E-state index in [1.54, 1.807) is 0 Å². The maximum Gasteiger partial charge on any atom is 0.0626 e. The number of hydrogen-bond donors (Lipinski definition) is 0. The second kappa shape index (κ2) is 1.99. The van der Waals surface area contributed by atoms with Gasteiger partial charge in [0.2, 0.25) is 0 Å². The zero-order valence-corrected chi connectivity index (χ0v) is 4.28. The molecule has 0 nitrogen and oxygen atoms in total. The third-order valence-corrected chi connectivity index (χ3v) is 0.696. The molecule has 0 radical (unpaired) electrons. The first-order valence-corrected chi connectivity index (χ1v) is 2.14. The molecule has 0 aromatic heterocycles. The molecule has 0 atom stereocenters. The summed E-state index contributed by atoms with van der Waals surface area (Å²) < 4.78 is 51.3. The minimum absolute atomic E-state index is 0.00870. The van der Waals surface area contributed by atoms with Crippen LogP contribution in [0.1, 0.15) is 20.7 Å². The van der Waals surface area contributed by atoms with E-state index in [-0.39, 0.29) is 42.2 Å². The van der Waals surface area contributed by atoms with E-state index in [2.05, 4.69) is 0 Å². The molecule has 0 aliphatic heterocycles. The van der Waals surface area contributed by atoms with Crippen LogP contribution in [0.4, 0.5) is 0 Å². The Balaban J connectivity index is 3.59. The van der Waals surface area contributed by atoms with Gasteiger partial charge in [-0.15, -0.1) is 0 Å². The van der Waals surface area contributed by atoms with E-state index >= 15 is 0 Å². The lowest BCUT2D eigenvalue weighted by Crippen LogP contribution is -1.70. The van der Waals surface area contributed by atoms with Gasteiger partial charge in [-0.1, -0.05) is 35.3 Å². The van der Waals surface area contributed by atoms with Crippen LogP contribution in [0.3, 0.4) is 0 Å². The van der Waals surface area contributed by atoms with Gasteiger partial charge in [0.05, 0.1) is 5.48 Å². The summed E-state index contributed by atoms with van der Waals surface area (Å²) in [4.78, 5) is 0. The second-order valence-electron chi connectivity index (χ2n) is 1.39. The largest absolute Gasteiger partial charge is 0.0626 e. The fourth-order valence-corrected chi connectivity index (χ4v) is 0.348. The lowest BCUT2D eigenvalue weighted by Gasteiger charge is -1.90. The van der Waals surface area contributed by atoms with Gasteiger partial charge in [-0.25, -0.2) is 0 Å². The average Bonchev–Trinajstić information content (AvgIpc) is 2.16. The van der Waals surface area contributed by atoms with Gasteiger partial charge in [0, 0.05) is 4.11 Å². The van der Waals surface area contributed by atoms with Crippen molar-refractivity contribution in [3.63, 3.8) is 0 Å². The predicted octanol–water partition coefficient (Wildman–Crippen LogP) is 2.30. The third kappa shape index (κ3) is 1.09. The zero-order valence-electron chi connectivity index (χ0n) is 11.3. The molecule has 0 aliphatic carbocycles. The Kier molecular flexibility index (Phi) is 0.344. The Hall–Kier alpha value is -0.780. The van der Waals surface area contributed by atoms with Crippen LogP contribution in [0.2, 0.25) is 0 Å². The summed E-state index contributed by atoms with van der Waals surface area (Å²) in [7, 11) is 0. The number of hydrogen-bond acceptors (Lipinski definition) is 0. The molecule has 1 rings (SSSR count). The van der Waals surface area contributed by atoms with Crippen molar-refractivity contribution in [2.75, 3.05) is 0 Å². The molecule has 42 valence electrons. The first-order valence-electron chi connectivity index (χ1n) is 6.00. The summed E-state index contributed by atoms with van der Waals surface area (Å²) in [6.45, 7) is -1.88. The summed E-state index contributed by atoms with van der Waals surface area (Å²) in [5, 5.41) is 0. The topological polar surface area (TPSA) is 0 Å². The van der Waals surface area contributed by atoms with E-state index in [0.717, 1.165) is 0 Å². The van der Waals surface area contributed by atoms with Crippen molar-refractivity contribution in [2.45, 2.75) is 13.8 Å². The predicted molar refractivity (Wildman–Crippen MR) is 35.9 cm³/mol.